The Kier molecular flexibility index (Phi) is 7.56. The molecule has 0 aromatic heterocycles. The minimum absolute atomic E-state index is 0.0497. The Morgan fingerprint density at radius 3 is 2.23 bits per heavy atom. The van der Waals surface area contributed by atoms with Crippen LogP contribution in [0.1, 0.15) is 25.3 Å². The summed E-state index contributed by atoms with van der Waals surface area (Å²) in [5, 5.41) is 2.91. The van der Waals surface area contributed by atoms with Crippen LogP contribution < -0.4 is 5.32 Å². The van der Waals surface area contributed by atoms with Crippen molar-refractivity contribution in [3.05, 3.63) is 51.5 Å². The van der Waals surface area contributed by atoms with Crippen LogP contribution in [0.2, 0.25) is 0 Å². The number of carbonyl (C=O) groups excluding carboxylic acids is 2. The highest BCUT2D eigenvalue weighted by atomic mass is 35.5. The zero-order valence-corrected chi connectivity index (χ0v) is 16.7. The van der Waals surface area contributed by atoms with E-state index in [-0.39, 0.29) is 15.4 Å². The number of halogens is 3. The zero-order chi connectivity index (χ0) is 19.3. The lowest BCUT2D eigenvalue weighted by molar-refractivity contribution is -0.155. The second kappa shape index (κ2) is 9.45. The molecule has 0 saturated heterocycles. The van der Waals surface area contributed by atoms with E-state index in [4.69, 9.17) is 39.5 Å². The molecule has 7 heteroatoms. The van der Waals surface area contributed by atoms with Crippen molar-refractivity contribution in [2.75, 3.05) is 5.32 Å². The van der Waals surface area contributed by atoms with Crippen LogP contribution in [0.15, 0.2) is 45.9 Å². The summed E-state index contributed by atoms with van der Waals surface area (Å²) in [6.07, 6.45) is 3.88. The Bertz CT molecular complexity index is 724. The molecular weight excluding hydrogens is 397 g/mol. The van der Waals surface area contributed by atoms with Crippen LogP contribution >= 0.6 is 34.8 Å². The quantitative estimate of drug-likeness (QED) is 0.521. The molecule has 0 fully saturated rings. The molecule has 0 spiro atoms. The molecule has 0 bridgehead atoms. The minimum Gasteiger partial charge on any atom is -0.457 e. The fourth-order valence-corrected chi connectivity index (χ4v) is 3.06. The van der Waals surface area contributed by atoms with Gasteiger partial charge in [0.05, 0.1) is 16.9 Å². The third-order valence-corrected chi connectivity index (χ3v) is 5.32. The lowest BCUT2D eigenvalue weighted by atomic mass is 9.82. The largest absolute Gasteiger partial charge is 0.457 e. The molecule has 0 radical (unpaired) electrons. The van der Waals surface area contributed by atoms with Crippen LogP contribution in [0.25, 0.3) is 0 Å². The molecule has 1 aliphatic carbocycles. The van der Waals surface area contributed by atoms with Crippen molar-refractivity contribution in [1.29, 1.82) is 0 Å². The maximum atomic E-state index is 12.7. The van der Waals surface area contributed by atoms with Gasteiger partial charge in [0.15, 0.2) is 0 Å². The molecule has 0 saturated carbocycles. The summed E-state index contributed by atoms with van der Waals surface area (Å²) >= 11 is 17.2. The number of allylic oxidation sites excluding steroid dienone is 2. The smallest absolute Gasteiger partial charge is 0.310 e. The van der Waals surface area contributed by atoms with Gasteiger partial charge in [-0.05, 0) is 38.8 Å². The van der Waals surface area contributed by atoms with Crippen LogP contribution in [0.4, 0.5) is 5.69 Å². The molecular formula is C19H20Cl3NO3. The molecule has 26 heavy (non-hydrogen) atoms. The minimum atomic E-state index is -0.777. The number of aryl methyl sites for hydroxylation is 1. The summed E-state index contributed by atoms with van der Waals surface area (Å²) in [5.74, 6) is -1.83. The number of esters is 1. The van der Waals surface area contributed by atoms with Crippen LogP contribution in [0, 0.1) is 18.8 Å². The van der Waals surface area contributed by atoms with Crippen LogP contribution in [-0.2, 0) is 14.3 Å². The lowest BCUT2D eigenvalue weighted by Crippen LogP contribution is -2.36. The van der Waals surface area contributed by atoms with Crippen molar-refractivity contribution in [3.8, 4) is 0 Å². The molecule has 4 nitrogen and oxygen atoms in total. The highest BCUT2D eigenvalue weighted by Gasteiger charge is 2.36. The molecule has 140 valence electrons. The van der Waals surface area contributed by atoms with Crippen LogP contribution in [-0.4, -0.2) is 18.0 Å². The van der Waals surface area contributed by atoms with E-state index in [2.05, 4.69) is 5.32 Å². The summed E-state index contributed by atoms with van der Waals surface area (Å²) in [4.78, 5) is 25.2. The molecule has 1 amide bonds. The first-order valence-electron chi connectivity index (χ1n) is 8.23. The Morgan fingerprint density at radius 2 is 1.65 bits per heavy atom. The molecule has 1 aromatic rings. The Hall–Kier alpha value is -1.49. The molecule has 0 aliphatic heterocycles. The van der Waals surface area contributed by atoms with Gasteiger partial charge < -0.3 is 10.1 Å². The number of rotatable bonds is 5. The Balaban J connectivity index is 2.07. The van der Waals surface area contributed by atoms with Crippen molar-refractivity contribution in [1.82, 2.24) is 0 Å². The van der Waals surface area contributed by atoms with Gasteiger partial charge in [-0.1, -0.05) is 64.7 Å². The standard InChI is InChI=1S/C19H20Cl3NO3/c1-11-7-9-13(10-8-11)23-18(24)14-5-3-4-6-15(14)19(25)26-12(2)16(20)17(21)22/h3-4,7-10,12,14-15H,5-6H2,1-2H3,(H,23,24)/t12-,14-,15-/m0/s1. The summed E-state index contributed by atoms with van der Waals surface area (Å²) in [5.41, 5.74) is 1.79. The lowest BCUT2D eigenvalue weighted by Gasteiger charge is -2.27. The first kappa shape index (κ1) is 20.8. The summed E-state index contributed by atoms with van der Waals surface area (Å²) < 4.78 is 5.20. The van der Waals surface area contributed by atoms with Crippen LogP contribution in [0.3, 0.4) is 0 Å². The van der Waals surface area contributed by atoms with E-state index < -0.39 is 23.9 Å². The molecule has 1 aromatic carbocycles. The molecule has 1 aliphatic rings. The second-order valence-electron chi connectivity index (χ2n) is 6.20. The number of nitrogens with one attached hydrogen (secondary N) is 1. The fourth-order valence-electron chi connectivity index (χ4n) is 2.70. The van der Waals surface area contributed by atoms with Crippen molar-refractivity contribution in [3.63, 3.8) is 0 Å². The van der Waals surface area contributed by atoms with E-state index >= 15 is 0 Å². The summed E-state index contributed by atoms with van der Waals surface area (Å²) in [6.45, 7) is 3.54. The number of benzene rings is 1. The number of ether oxygens (including phenoxy) is 1. The van der Waals surface area contributed by atoms with Crippen molar-refractivity contribution in [2.24, 2.45) is 11.8 Å². The SMILES string of the molecule is Cc1ccc(NC(=O)[C@H]2CC=CC[C@@H]2C(=O)O[C@@H](C)C(Cl)=C(Cl)Cl)cc1. The topological polar surface area (TPSA) is 55.4 Å². The van der Waals surface area contributed by atoms with Gasteiger partial charge in [-0.3, -0.25) is 9.59 Å². The highest BCUT2D eigenvalue weighted by molar-refractivity contribution is 6.59. The summed E-state index contributed by atoms with van der Waals surface area (Å²) in [7, 11) is 0. The predicted molar refractivity (Wildman–Crippen MR) is 105 cm³/mol. The molecule has 0 heterocycles. The van der Waals surface area contributed by atoms with E-state index in [0.29, 0.717) is 18.5 Å². The first-order valence-corrected chi connectivity index (χ1v) is 9.36. The van der Waals surface area contributed by atoms with E-state index in [1.165, 1.54) is 0 Å². The number of hydrogen-bond donors (Lipinski definition) is 1. The fraction of sp³-hybridized carbons (Fsp3) is 0.368. The van der Waals surface area contributed by atoms with Gasteiger partial charge in [-0.25, -0.2) is 0 Å². The van der Waals surface area contributed by atoms with Gasteiger partial charge in [-0.15, -0.1) is 0 Å². The van der Waals surface area contributed by atoms with E-state index in [0.717, 1.165) is 5.56 Å². The number of amides is 1. The predicted octanol–water partition coefficient (Wildman–Crippen LogP) is 5.33. The van der Waals surface area contributed by atoms with Crippen molar-refractivity contribution < 1.29 is 14.3 Å². The summed E-state index contributed by atoms with van der Waals surface area (Å²) in [6, 6.07) is 7.48. The monoisotopic (exact) mass is 415 g/mol. The number of anilines is 1. The molecule has 1 N–H and O–H groups in total. The normalized spacial score (nSPS) is 20.2. The first-order chi connectivity index (χ1) is 12.3. The third kappa shape index (κ3) is 5.50. The van der Waals surface area contributed by atoms with E-state index in [1.54, 1.807) is 6.92 Å². The van der Waals surface area contributed by atoms with Crippen molar-refractivity contribution >= 4 is 52.4 Å². The van der Waals surface area contributed by atoms with Gasteiger partial charge in [0.25, 0.3) is 0 Å². The third-order valence-electron chi connectivity index (χ3n) is 4.22. The van der Waals surface area contributed by atoms with Gasteiger partial charge in [0.2, 0.25) is 5.91 Å². The average molecular weight is 417 g/mol. The number of carbonyl (C=O) groups is 2. The van der Waals surface area contributed by atoms with E-state index in [9.17, 15) is 9.59 Å². The number of hydrogen-bond acceptors (Lipinski definition) is 3. The molecule has 0 unspecified atom stereocenters. The second-order valence-corrected chi connectivity index (χ2v) is 7.56. The molecule has 3 atom stereocenters. The zero-order valence-electron chi connectivity index (χ0n) is 14.5. The van der Waals surface area contributed by atoms with E-state index in [1.807, 2.05) is 43.3 Å². The van der Waals surface area contributed by atoms with Gasteiger partial charge >= 0.3 is 5.97 Å². The van der Waals surface area contributed by atoms with Crippen molar-refractivity contribution in [2.45, 2.75) is 32.8 Å². The van der Waals surface area contributed by atoms with Crippen LogP contribution in [0.5, 0.6) is 0 Å². The van der Waals surface area contributed by atoms with Gasteiger partial charge in [0.1, 0.15) is 10.6 Å². The van der Waals surface area contributed by atoms with Gasteiger partial charge in [-0.2, -0.15) is 0 Å². The Labute approximate surface area is 168 Å². The highest BCUT2D eigenvalue weighted by Crippen LogP contribution is 2.30. The van der Waals surface area contributed by atoms with Gasteiger partial charge in [0, 0.05) is 5.69 Å². The molecule has 2 rings (SSSR count). The average Bonchev–Trinajstić information content (AvgIpc) is 2.62. The maximum absolute atomic E-state index is 12.7. The Morgan fingerprint density at radius 1 is 1.08 bits per heavy atom. The maximum Gasteiger partial charge on any atom is 0.310 e.